The minimum atomic E-state index is -0.226. The number of nitrogens with zero attached hydrogens (tertiary/aromatic N) is 1. The zero-order valence-corrected chi connectivity index (χ0v) is 12.5. The maximum Gasteiger partial charge on any atom is 0.317 e. The number of carbonyl (C=O) groups excluding carboxylic acids is 1. The second-order valence-electron chi connectivity index (χ2n) is 5.44. The Kier molecular flexibility index (Phi) is 5.99. The summed E-state index contributed by atoms with van der Waals surface area (Å²) in [7, 11) is 1.76. The molecule has 1 aromatic carbocycles. The minimum absolute atomic E-state index is 0.138. The van der Waals surface area contributed by atoms with E-state index < -0.39 is 0 Å². The summed E-state index contributed by atoms with van der Waals surface area (Å²) < 4.78 is 19.1. The molecule has 1 atom stereocenters. The monoisotopic (exact) mass is 294 g/mol. The van der Waals surface area contributed by atoms with Gasteiger partial charge in [0.25, 0.3) is 0 Å². The van der Waals surface area contributed by atoms with Gasteiger partial charge in [-0.1, -0.05) is 18.2 Å². The molecular formula is C16H23FN2O2. The van der Waals surface area contributed by atoms with E-state index in [1.807, 2.05) is 0 Å². The Morgan fingerprint density at radius 2 is 2.24 bits per heavy atom. The van der Waals surface area contributed by atoms with E-state index in [-0.39, 0.29) is 18.0 Å². The van der Waals surface area contributed by atoms with Crippen LogP contribution in [0.15, 0.2) is 24.3 Å². The van der Waals surface area contributed by atoms with Gasteiger partial charge >= 0.3 is 6.03 Å². The molecule has 1 fully saturated rings. The second kappa shape index (κ2) is 7.98. The fourth-order valence-corrected chi connectivity index (χ4v) is 2.48. The Balaban J connectivity index is 1.70. The van der Waals surface area contributed by atoms with Crippen LogP contribution in [0, 0.1) is 5.82 Å². The summed E-state index contributed by atoms with van der Waals surface area (Å²) in [5, 5.41) is 2.81. The van der Waals surface area contributed by atoms with Crippen molar-refractivity contribution < 1.29 is 13.9 Å². The molecule has 5 heteroatoms. The number of urea groups is 1. The van der Waals surface area contributed by atoms with E-state index in [0.717, 1.165) is 25.9 Å². The number of ether oxygens (including phenoxy) is 1. The Morgan fingerprint density at radius 3 is 2.95 bits per heavy atom. The summed E-state index contributed by atoms with van der Waals surface area (Å²) >= 11 is 0. The third-order valence-corrected chi connectivity index (χ3v) is 3.73. The summed E-state index contributed by atoms with van der Waals surface area (Å²) in [6.07, 6.45) is 3.91. The fraction of sp³-hybridized carbons (Fsp3) is 0.562. The number of nitrogens with one attached hydrogen (secondary N) is 1. The number of halogens is 1. The summed E-state index contributed by atoms with van der Waals surface area (Å²) in [6.45, 7) is 1.81. The van der Waals surface area contributed by atoms with Gasteiger partial charge in [0, 0.05) is 26.7 Å². The lowest BCUT2D eigenvalue weighted by molar-refractivity contribution is 0.00388. The summed E-state index contributed by atoms with van der Waals surface area (Å²) in [4.78, 5) is 13.6. The molecule has 2 amide bonds. The molecule has 1 aliphatic rings. The maximum atomic E-state index is 13.4. The van der Waals surface area contributed by atoms with Crippen molar-refractivity contribution in [1.82, 2.24) is 10.2 Å². The topological polar surface area (TPSA) is 41.6 Å². The van der Waals surface area contributed by atoms with Crippen LogP contribution in [0.3, 0.4) is 0 Å². The van der Waals surface area contributed by atoms with Crippen LogP contribution in [0.25, 0.3) is 0 Å². The predicted octanol–water partition coefficient (Wildman–Crippen LogP) is 2.58. The van der Waals surface area contributed by atoms with Gasteiger partial charge in [0.2, 0.25) is 0 Å². The largest absolute Gasteiger partial charge is 0.376 e. The predicted molar refractivity (Wildman–Crippen MR) is 79.7 cm³/mol. The number of hydrogen-bond acceptors (Lipinski definition) is 2. The smallest absolute Gasteiger partial charge is 0.317 e. The van der Waals surface area contributed by atoms with E-state index in [1.54, 1.807) is 30.1 Å². The van der Waals surface area contributed by atoms with Gasteiger partial charge in [-0.3, -0.25) is 0 Å². The first-order valence-electron chi connectivity index (χ1n) is 7.51. The van der Waals surface area contributed by atoms with Crippen molar-refractivity contribution in [3.8, 4) is 0 Å². The first kappa shape index (κ1) is 15.8. The Hall–Kier alpha value is -1.62. The van der Waals surface area contributed by atoms with Crippen LogP contribution < -0.4 is 5.32 Å². The molecule has 0 saturated carbocycles. The molecule has 116 valence electrons. The van der Waals surface area contributed by atoms with Gasteiger partial charge in [-0.2, -0.15) is 0 Å². The molecule has 1 N–H and O–H groups in total. The van der Waals surface area contributed by atoms with Crippen LogP contribution in [0.1, 0.15) is 24.8 Å². The highest BCUT2D eigenvalue weighted by molar-refractivity contribution is 5.73. The van der Waals surface area contributed by atoms with E-state index >= 15 is 0 Å². The van der Waals surface area contributed by atoms with Crippen molar-refractivity contribution >= 4 is 6.03 Å². The molecule has 0 spiro atoms. The van der Waals surface area contributed by atoms with Gasteiger partial charge < -0.3 is 15.0 Å². The standard InChI is InChI=1S/C16H23FN2O2/c1-19(12-14-7-4-5-11-21-14)16(20)18-10-9-13-6-2-3-8-15(13)17/h2-3,6,8,14H,4-5,7,9-12H2,1H3,(H,18,20). The molecule has 0 bridgehead atoms. The minimum Gasteiger partial charge on any atom is -0.376 e. The van der Waals surface area contributed by atoms with Gasteiger partial charge in [0.1, 0.15) is 5.82 Å². The second-order valence-corrected chi connectivity index (χ2v) is 5.44. The molecular weight excluding hydrogens is 271 g/mol. The van der Waals surface area contributed by atoms with Crippen LogP contribution >= 0.6 is 0 Å². The van der Waals surface area contributed by atoms with Crippen molar-refractivity contribution in [2.45, 2.75) is 31.8 Å². The van der Waals surface area contributed by atoms with Crippen LogP contribution in [-0.2, 0) is 11.2 Å². The number of benzene rings is 1. The van der Waals surface area contributed by atoms with Crippen LogP contribution in [0.5, 0.6) is 0 Å². The van der Waals surface area contributed by atoms with Crippen LogP contribution in [0.2, 0.25) is 0 Å². The van der Waals surface area contributed by atoms with Gasteiger partial charge in [0.15, 0.2) is 0 Å². The fourth-order valence-electron chi connectivity index (χ4n) is 2.48. The maximum absolute atomic E-state index is 13.4. The molecule has 21 heavy (non-hydrogen) atoms. The molecule has 1 unspecified atom stereocenters. The molecule has 1 heterocycles. The van der Waals surface area contributed by atoms with E-state index in [0.29, 0.717) is 25.1 Å². The highest BCUT2D eigenvalue weighted by atomic mass is 19.1. The van der Waals surface area contributed by atoms with E-state index in [2.05, 4.69) is 5.32 Å². The molecule has 1 aliphatic heterocycles. The zero-order valence-electron chi connectivity index (χ0n) is 12.5. The summed E-state index contributed by atoms with van der Waals surface area (Å²) in [5.74, 6) is -0.226. The third kappa shape index (κ3) is 5.01. The molecule has 0 aliphatic carbocycles. The molecule has 1 saturated heterocycles. The quantitative estimate of drug-likeness (QED) is 0.907. The van der Waals surface area contributed by atoms with Crippen molar-refractivity contribution in [1.29, 1.82) is 0 Å². The van der Waals surface area contributed by atoms with E-state index in [4.69, 9.17) is 4.74 Å². The average molecular weight is 294 g/mol. The number of amides is 2. The Bertz CT molecular complexity index is 461. The van der Waals surface area contributed by atoms with Crippen LogP contribution in [0.4, 0.5) is 9.18 Å². The SMILES string of the molecule is CN(CC1CCCCO1)C(=O)NCCc1ccccc1F. The normalized spacial score (nSPS) is 18.3. The number of carbonyl (C=O) groups is 1. The summed E-state index contributed by atoms with van der Waals surface area (Å²) in [6, 6.07) is 6.49. The first-order chi connectivity index (χ1) is 10.2. The zero-order chi connectivity index (χ0) is 15.1. The van der Waals surface area contributed by atoms with Crippen LogP contribution in [-0.4, -0.2) is 43.8 Å². The van der Waals surface area contributed by atoms with Crippen molar-refractivity contribution in [3.63, 3.8) is 0 Å². The van der Waals surface area contributed by atoms with E-state index in [1.165, 1.54) is 6.07 Å². The molecule has 0 aromatic heterocycles. The average Bonchev–Trinajstić information content (AvgIpc) is 2.50. The third-order valence-electron chi connectivity index (χ3n) is 3.73. The Morgan fingerprint density at radius 1 is 1.43 bits per heavy atom. The van der Waals surface area contributed by atoms with Gasteiger partial charge in [0.05, 0.1) is 6.10 Å². The van der Waals surface area contributed by atoms with Crippen molar-refractivity contribution in [2.75, 3.05) is 26.7 Å². The highest BCUT2D eigenvalue weighted by Gasteiger charge is 2.18. The highest BCUT2D eigenvalue weighted by Crippen LogP contribution is 2.13. The molecule has 2 rings (SSSR count). The lowest BCUT2D eigenvalue weighted by Crippen LogP contribution is -2.43. The number of rotatable bonds is 5. The molecule has 0 radical (unpaired) electrons. The van der Waals surface area contributed by atoms with Gasteiger partial charge in [-0.05, 0) is 37.3 Å². The molecule has 4 nitrogen and oxygen atoms in total. The first-order valence-corrected chi connectivity index (χ1v) is 7.51. The van der Waals surface area contributed by atoms with Gasteiger partial charge in [-0.15, -0.1) is 0 Å². The number of likely N-dealkylation sites (N-methyl/N-ethyl adjacent to an activating group) is 1. The lowest BCUT2D eigenvalue weighted by Gasteiger charge is -2.27. The van der Waals surface area contributed by atoms with E-state index in [9.17, 15) is 9.18 Å². The Labute approximate surface area is 125 Å². The van der Waals surface area contributed by atoms with Gasteiger partial charge in [-0.25, -0.2) is 9.18 Å². The lowest BCUT2D eigenvalue weighted by atomic mass is 10.1. The van der Waals surface area contributed by atoms with Crippen molar-refractivity contribution in [3.05, 3.63) is 35.6 Å². The number of hydrogen-bond donors (Lipinski definition) is 1. The van der Waals surface area contributed by atoms with Crippen molar-refractivity contribution in [2.24, 2.45) is 0 Å². The molecule has 1 aromatic rings. The summed E-state index contributed by atoms with van der Waals surface area (Å²) in [5.41, 5.74) is 0.621.